The third kappa shape index (κ3) is 2.55. The summed E-state index contributed by atoms with van der Waals surface area (Å²) in [6, 6.07) is 0. The zero-order valence-electron chi connectivity index (χ0n) is 10.2. The van der Waals surface area contributed by atoms with E-state index in [2.05, 4.69) is 4.99 Å². The van der Waals surface area contributed by atoms with Crippen LogP contribution >= 0.6 is 11.8 Å². The Kier molecular flexibility index (Phi) is 3.08. The van der Waals surface area contributed by atoms with Crippen molar-refractivity contribution in [3.05, 3.63) is 23.6 Å². The van der Waals surface area contributed by atoms with E-state index >= 15 is 0 Å². The number of thioether (sulfide) groups is 1. The summed E-state index contributed by atoms with van der Waals surface area (Å²) in [7, 11) is 0. The van der Waals surface area contributed by atoms with Gasteiger partial charge in [-0.05, 0) is 38.3 Å². The molecule has 0 bridgehead atoms. The van der Waals surface area contributed by atoms with E-state index in [4.69, 9.17) is 11.5 Å². The Morgan fingerprint density at radius 3 is 2.82 bits per heavy atom. The van der Waals surface area contributed by atoms with Crippen molar-refractivity contribution in [2.75, 3.05) is 5.75 Å². The molecule has 0 saturated carbocycles. The van der Waals surface area contributed by atoms with Gasteiger partial charge in [0.05, 0.1) is 5.54 Å². The highest BCUT2D eigenvalue weighted by Crippen LogP contribution is 2.40. The largest absolute Gasteiger partial charge is 0.379 e. The van der Waals surface area contributed by atoms with Crippen LogP contribution in [0.5, 0.6) is 0 Å². The predicted molar refractivity (Wildman–Crippen MR) is 71.6 cm³/mol. The molecular weight excluding hydrogens is 237 g/mol. The van der Waals surface area contributed by atoms with Gasteiger partial charge in [-0.15, -0.1) is 0 Å². The zero-order chi connectivity index (χ0) is 12.7. The van der Waals surface area contributed by atoms with Crippen LogP contribution < -0.4 is 11.5 Å². The van der Waals surface area contributed by atoms with Crippen LogP contribution in [-0.4, -0.2) is 22.0 Å². The van der Waals surface area contributed by atoms with Crippen molar-refractivity contribution < 1.29 is 4.39 Å². The Morgan fingerprint density at radius 1 is 1.47 bits per heavy atom. The summed E-state index contributed by atoms with van der Waals surface area (Å²) in [4.78, 5) is 4.42. The van der Waals surface area contributed by atoms with Crippen LogP contribution in [-0.2, 0) is 0 Å². The van der Waals surface area contributed by atoms with Gasteiger partial charge in [-0.1, -0.05) is 17.8 Å². The summed E-state index contributed by atoms with van der Waals surface area (Å²) >= 11 is 1.52. The molecule has 1 aliphatic carbocycles. The lowest BCUT2D eigenvalue weighted by Gasteiger charge is -2.37. The molecule has 0 saturated heterocycles. The van der Waals surface area contributed by atoms with Gasteiger partial charge in [-0.25, -0.2) is 4.39 Å². The van der Waals surface area contributed by atoms with E-state index in [1.807, 2.05) is 13.8 Å². The first-order chi connectivity index (χ1) is 7.82. The predicted octanol–water partition coefficient (Wildman–Crippen LogP) is 2.10. The molecule has 1 heterocycles. The summed E-state index contributed by atoms with van der Waals surface area (Å²) in [6.07, 6.45) is 4.45. The minimum atomic E-state index is -0.537. The molecular formula is C12H18FN3S. The lowest BCUT2D eigenvalue weighted by atomic mass is 9.78. The van der Waals surface area contributed by atoms with Gasteiger partial charge in [0.15, 0.2) is 5.17 Å². The first-order valence-electron chi connectivity index (χ1n) is 5.68. The second-order valence-corrected chi connectivity index (χ2v) is 6.28. The van der Waals surface area contributed by atoms with Crippen molar-refractivity contribution in [2.24, 2.45) is 16.5 Å². The number of hydrogen-bond donors (Lipinski definition) is 2. The number of allylic oxidation sites excluding steroid dienone is 2. The van der Waals surface area contributed by atoms with Gasteiger partial charge in [0.25, 0.3) is 0 Å². The van der Waals surface area contributed by atoms with Gasteiger partial charge < -0.3 is 11.5 Å². The molecule has 1 aliphatic heterocycles. The average molecular weight is 255 g/mol. The fraction of sp³-hybridized carbons (Fsp3) is 0.583. The highest BCUT2D eigenvalue weighted by molar-refractivity contribution is 8.13. The van der Waals surface area contributed by atoms with Crippen molar-refractivity contribution in [3.63, 3.8) is 0 Å². The van der Waals surface area contributed by atoms with E-state index in [0.29, 0.717) is 17.2 Å². The van der Waals surface area contributed by atoms with Crippen molar-refractivity contribution in [2.45, 2.75) is 37.8 Å². The van der Waals surface area contributed by atoms with E-state index in [1.54, 1.807) is 6.08 Å². The Labute approximate surface area is 105 Å². The van der Waals surface area contributed by atoms with Gasteiger partial charge in [0, 0.05) is 11.3 Å². The summed E-state index contributed by atoms with van der Waals surface area (Å²) in [6.45, 7) is 3.83. The van der Waals surface area contributed by atoms with Crippen LogP contribution in [0.25, 0.3) is 0 Å². The first-order valence-corrected chi connectivity index (χ1v) is 6.66. The number of rotatable bonds is 1. The monoisotopic (exact) mass is 255 g/mol. The molecule has 5 heteroatoms. The van der Waals surface area contributed by atoms with E-state index in [1.165, 1.54) is 17.8 Å². The van der Waals surface area contributed by atoms with E-state index in [-0.39, 0.29) is 5.83 Å². The summed E-state index contributed by atoms with van der Waals surface area (Å²) < 4.78 is 14.0. The molecule has 0 spiro atoms. The lowest BCUT2D eigenvalue weighted by molar-refractivity contribution is 0.437. The summed E-state index contributed by atoms with van der Waals surface area (Å²) in [5.74, 6) is 0.659. The molecule has 0 aromatic rings. The molecule has 0 amide bonds. The maximum absolute atomic E-state index is 14.0. The highest BCUT2D eigenvalue weighted by Gasteiger charge is 2.37. The molecule has 4 N–H and O–H groups in total. The van der Waals surface area contributed by atoms with Gasteiger partial charge in [-0.3, -0.25) is 4.99 Å². The molecule has 2 aliphatic rings. The quantitative estimate of drug-likeness (QED) is 0.754. The standard InChI is InChI=1S/C12H18FN3S/c1-11(15)4-3-9(13)8(7-11)12(2)5-6-17-10(14)16-12/h3-4H,5-7,15H2,1-2H3,(H2,14,16)/t11?,12-/m0/s1. The van der Waals surface area contributed by atoms with Gasteiger partial charge >= 0.3 is 0 Å². The summed E-state index contributed by atoms with van der Waals surface area (Å²) in [5, 5.41) is 0.535. The maximum atomic E-state index is 14.0. The van der Waals surface area contributed by atoms with Crippen LogP contribution in [0, 0.1) is 0 Å². The Balaban J connectivity index is 2.39. The van der Waals surface area contributed by atoms with Crippen LogP contribution in [0.15, 0.2) is 28.5 Å². The van der Waals surface area contributed by atoms with Crippen LogP contribution in [0.2, 0.25) is 0 Å². The minimum absolute atomic E-state index is 0.209. The molecule has 0 aromatic carbocycles. The van der Waals surface area contributed by atoms with Crippen molar-refractivity contribution in [1.29, 1.82) is 0 Å². The average Bonchev–Trinajstić information content (AvgIpc) is 2.21. The molecule has 2 rings (SSSR count). The van der Waals surface area contributed by atoms with Crippen molar-refractivity contribution in [1.82, 2.24) is 0 Å². The SMILES string of the molecule is CC1(N)C=CC(F)=C([C@]2(C)CCSC(N)=N2)C1. The molecule has 17 heavy (non-hydrogen) atoms. The highest BCUT2D eigenvalue weighted by atomic mass is 32.2. The van der Waals surface area contributed by atoms with Crippen LogP contribution in [0.4, 0.5) is 4.39 Å². The van der Waals surface area contributed by atoms with Gasteiger partial charge in [0.1, 0.15) is 5.83 Å². The lowest BCUT2D eigenvalue weighted by Crippen LogP contribution is -2.42. The molecule has 0 fully saturated rings. The molecule has 2 atom stereocenters. The summed E-state index contributed by atoms with van der Waals surface area (Å²) in [5.41, 5.74) is 11.4. The molecule has 1 unspecified atom stereocenters. The Hall–Kier alpha value is -0.810. The van der Waals surface area contributed by atoms with E-state index in [0.717, 1.165) is 12.2 Å². The maximum Gasteiger partial charge on any atom is 0.154 e. The Bertz CT molecular complexity index is 425. The second-order valence-electron chi connectivity index (χ2n) is 5.16. The number of hydrogen-bond acceptors (Lipinski definition) is 4. The number of aliphatic imine (C=N–C) groups is 1. The Morgan fingerprint density at radius 2 is 2.18 bits per heavy atom. The number of halogens is 1. The van der Waals surface area contributed by atoms with Gasteiger partial charge in [-0.2, -0.15) is 0 Å². The van der Waals surface area contributed by atoms with E-state index in [9.17, 15) is 4.39 Å². The topological polar surface area (TPSA) is 64.4 Å². The third-order valence-corrected chi connectivity index (χ3v) is 4.10. The first kappa shape index (κ1) is 12.6. The van der Waals surface area contributed by atoms with Crippen molar-refractivity contribution >= 4 is 16.9 Å². The number of nitrogens with two attached hydrogens (primary N) is 2. The number of nitrogens with zero attached hydrogens (tertiary/aromatic N) is 1. The second kappa shape index (κ2) is 4.14. The zero-order valence-corrected chi connectivity index (χ0v) is 11.0. The normalized spacial score (nSPS) is 38.2. The van der Waals surface area contributed by atoms with Crippen LogP contribution in [0.3, 0.4) is 0 Å². The van der Waals surface area contributed by atoms with Crippen molar-refractivity contribution in [3.8, 4) is 0 Å². The van der Waals surface area contributed by atoms with Gasteiger partial charge in [0.2, 0.25) is 0 Å². The van der Waals surface area contributed by atoms with Crippen LogP contribution in [0.1, 0.15) is 26.7 Å². The van der Waals surface area contributed by atoms with E-state index < -0.39 is 11.1 Å². The minimum Gasteiger partial charge on any atom is -0.379 e. The fourth-order valence-corrected chi connectivity index (χ4v) is 3.21. The molecule has 94 valence electrons. The molecule has 3 nitrogen and oxygen atoms in total. The smallest absolute Gasteiger partial charge is 0.154 e. The third-order valence-electron chi connectivity index (χ3n) is 3.30. The molecule has 0 radical (unpaired) electrons. The molecule has 0 aromatic heterocycles. The fourth-order valence-electron chi connectivity index (χ4n) is 2.24. The number of amidine groups is 1.